The van der Waals surface area contributed by atoms with E-state index in [9.17, 15) is 18.8 Å². The van der Waals surface area contributed by atoms with Gasteiger partial charge in [-0.2, -0.15) is 0 Å². The number of hydrogen-bond donors (Lipinski definition) is 2. The maximum absolute atomic E-state index is 13.7. The number of nitrogens with zero attached hydrogens (tertiary/aromatic N) is 3. The molecule has 0 saturated heterocycles. The number of methoxy groups -OCH3 is 1. The molecule has 0 aliphatic carbocycles. The summed E-state index contributed by atoms with van der Waals surface area (Å²) >= 11 is 1.14. The Balaban J connectivity index is 1.32. The van der Waals surface area contributed by atoms with Crippen molar-refractivity contribution in [3.05, 3.63) is 131 Å². The number of ketones is 1. The summed E-state index contributed by atoms with van der Waals surface area (Å²) in [6, 6.07) is 27.9. The average Bonchev–Trinajstić information content (AvgIpc) is 3.46. The van der Waals surface area contributed by atoms with Crippen molar-refractivity contribution in [2.45, 2.75) is 11.7 Å². The molecule has 9 nitrogen and oxygen atoms in total. The molecule has 5 aromatic rings. The van der Waals surface area contributed by atoms with Crippen LogP contribution in [0.4, 0.5) is 10.1 Å². The molecule has 4 aromatic carbocycles. The Hall–Kier alpha value is -5.29. The monoisotopic (exact) mass is 595 g/mol. The first kappa shape index (κ1) is 29.2. The molecule has 43 heavy (non-hydrogen) atoms. The molecule has 0 aliphatic rings. The zero-order chi connectivity index (χ0) is 30.2. The number of hydrogen-bond acceptors (Lipinski definition) is 7. The summed E-state index contributed by atoms with van der Waals surface area (Å²) in [5, 5.41) is 14.5. The molecule has 0 radical (unpaired) electrons. The third-order valence-corrected chi connectivity index (χ3v) is 7.28. The normalized spacial score (nSPS) is 10.7. The van der Waals surface area contributed by atoms with Gasteiger partial charge in [-0.3, -0.25) is 19.0 Å². The van der Waals surface area contributed by atoms with E-state index in [1.54, 1.807) is 96.6 Å². The quantitative estimate of drug-likeness (QED) is 0.157. The zero-order valence-corrected chi connectivity index (χ0v) is 23.8. The lowest BCUT2D eigenvalue weighted by atomic mass is 9.98. The van der Waals surface area contributed by atoms with Gasteiger partial charge >= 0.3 is 0 Å². The number of carbonyl (C=O) groups excluding carboxylic acids is 3. The van der Waals surface area contributed by atoms with Crippen molar-refractivity contribution in [2.75, 3.05) is 18.2 Å². The summed E-state index contributed by atoms with van der Waals surface area (Å²) in [5.74, 6) is -0.380. The van der Waals surface area contributed by atoms with Gasteiger partial charge < -0.3 is 15.4 Å². The Labute approximate surface area is 251 Å². The number of aromatic nitrogens is 3. The minimum Gasteiger partial charge on any atom is -0.497 e. The molecule has 5 rings (SSSR count). The molecule has 0 bridgehead atoms. The van der Waals surface area contributed by atoms with Crippen LogP contribution in [-0.4, -0.2) is 45.2 Å². The van der Waals surface area contributed by atoms with Gasteiger partial charge in [-0.25, -0.2) is 4.39 Å². The lowest BCUT2D eigenvalue weighted by Crippen LogP contribution is -2.26. The standard InChI is InChI=1S/C32H26FN5O4S/c1-42-25-17-13-23(14-18-25)35-29(39)20-43-32-37-36-28(38(32)24-15-11-22(33)12-16-24)19-34-31(41)27-10-6-5-9-26(27)30(40)21-7-3-2-4-8-21/h2-18H,19-20H2,1H3,(H,34,41)(H,35,39). The van der Waals surface area contributed by atoms with Gasteiger partial charge in [0.25, 0.3) is 5.91 Å². The molecule has 0 spiro atoms. The van der Waals surface area contributed by atoms with E-state index in [0.717, 1.165) is 11.8 Å². The third-order valence-electron chi connectivity index (χ3n) is 6.35. The second-order valence-electron chi connectivity index (χ2n) is 9.20. The topological polar surface area (TPSA) is 115 Å². The van der Waals surface area contributed by atoms with Gasteiger partial charge in [0.15, 0.2) is 16.8 Å². The molecule has 0 fully saturated rings. The molecule has 1 heterocycles. The summed E-state index contributed by atoms with van der Waals surface area (Å²) < 4.78 is 20.5. The van der Waals surface area contributed by atoms with Crippen molar-refractivity contribution in [1.82, 2.24) is 20.1 Å². The predicted molar refractivity (Wildman–Crippen MR) is 161 cm³/mol. The molecular weight excluding hydrogens is 569 g/mol. The first-order valence-corrected chi connectivity index (χ1v) is 14.2. The van der Waals surface area contributed by atoms with Crippen LogP contribution in [0.15, 0.2) is 108 Å². The Kier molecular flexibility index (Phi) is 9.23. The first-order valence-electron chi connectivity index (χ1n) is 13.2. The van der Waals surface area contributed by atoms with Gasteiger partial charge in [0.1, 0.15) is 11.6 Å². The molecule has 1 aromatic heterocycles. The molecular formula is C32H26FN5O4S. The fraction of sp³-hybridized carbons (Fsp3) is 0.0938. The molecule has 2 amide bonds. The highest BCUT2D eigenvalue weighted by molar-refractivity contribution is 7.99. The Bertz CT molecular complexity index is 1740. The van der Waals surface area contributed by atoms with Crippen molar-refractivity contribution in [3.63, 3.8) is 0 Å². The Morgan fingerprint density at radius 1 is 0.837 bits per heavy atom. The molecule has 0 aliphatic heterocycles. The second-order valence-corrected chi connectivity index (χ2v) is 10.1. The van der Waals surface area contributed by atoms with Crippen LogP contribution in [0.3, 0.4) is 0 Å². The van der Waals surface area contributed by atoms with E-state index >= 15 is 0 Å². The van der Waals surface area contributed by atoms with Crippen LogP contribution >= 0.6 is 11.8 Å². The number of amides is 2. The Morgan fingerprint density at radius 2 is 1.51 bits per heavy atom. The SMILES string of the molecule is COc1ccc(NC(=O)CSc2nnc(CNC(=O)c3ccccc3C(=O)c3ccccc3)n2-c2ccc(F)cc2)cc1. The number of benzene rings is 4. The smallest absolute Gasteiger partial charge is 0.252 e. The van der Waals surface area contributed by atoms with Gasteiger partial charge in [0.05, 0.1) is 25.0 Å². The summed E-state index contributed by atoms with van der Waals surface area (Å²) in [4.78, 5) is 39.0. The molecule has 0 unspecified atom stereocenters. The Morgan fingerprint density at radius 3 is 2.21 bits per heavy atom. The first-order chi connectivity index (χ1) is 20.9. The fourth-order valence-electron chi connectivity index (χ4n) is 4.24. The van der Waals surface area contributed by atoms with Crippen LogP contribution in [0.25, 0.3) is 5.69 Å². The van der Waals surface area contributed by atoms with E-state index in [4.69, 9.17) is 4.74 Å². The number of carbonyl (C=O) groups is 3. The van der Waals surface area contributed by atoms with Crippen LogP contribution < -0.4 is 15.4 Å². The van der Waals surface area contributed by atoms with Crippen molar-refractivity contribution < 1.29 is 23.5 Å². The number of ether oxygens (including phenoxy) is 1. The molecule has 11 heteroatoms. The van der Waals surface area contributed by atoms with Crippen molar-refractivity contribution >= 4 is 35.0 Å². The molecule has 0 saturated carbocycles. The van der Waals surface area contributed by atoms with Gasteiger partial charge in [0.2, 0.25) is 5.91 Å². The highest BCUT2D eigenvalue weighted by atomic mass is 32.2. The van der Waals surface area contributed by atoms with Gasteiger partial charge in [-0.15, -0.1) is 10.2 Å². The number of nitrogens with one attached hydrogen (secondary N) is 2. The number of anilines is 1. The van der Waals surface area contributed by atoms with Crippen molar-refractivity contribution in [3.8, 4) is 11.4 Å². The zero-order valence-electron chi connectivity index (χ0n) is 23.0. The van der Waals surface area contributed by atoms with Crippen molar-refractivity contribution in [1.29, 1.82) is 0 Å². The minimum absolute atomic E-state index is 0.0205. The number of rotatable bonds is 11. The van der Waals surface area contributed by atoms with E-state index in [1.165, 1.54) is 12.1 Å². The van der Waals surface area contributed by atoms with Crippen LogP contribution in [0.1, 0.15) is 32.1 Å². The summed E-state index contributed by atoms with van der Waals surface area (Å²) in [7, 11) is 1.56. The number of halogens is 1. The molecule has 216 valence electrons. The number of thioether (sulfide) groups is 1. The lowest BCUT2D eigenvalue weighted by molar-refractivity contribution is -0.113. The minimum atomic E-state index is -0.471. The van der Waals surface area contributed by atoms with E-state index in [1.807, 2.05) is 6.07 Å². The van der Waals surface area contributed by atoms with E-state index in [-0.39, 0.29) is 35.1 Å². The summed E-state index contributed by atoms with van der Waals surface area (Å²) in [6.45, 7) is -0.0460. The van der Waals surface area contributed by atoms with E-state index < -0.39 is 11.7 Å². The van der Waals surface area contributed by atoms with Crippen LogP contribution in [0.5, 0.6) is 5.75 Å². The molecule has 0 atom stereocenters. The van der Waals surface area contributed by atoms with Gasteiger partial charge in [0, 0.05) is 22.5 Å². The average molecular weight is 596 g/mol. The largest absolute Gasteiger partial charge is 0.497 e. The fourth-order valence-corrected chi connectivity index (χ4v) is 5.01. The van der Waals surface area contributed by atoms with Crippen molar-refractivity contribution in [2.24, 2.45) is 0 Å². The summed E-state index contributed by atoms with van der Waals surface area (Å²) in [6.07, 6.45) is 0. The van der Waals surface area contributed by atoms with Crippen LogP contribution in [-0.2, 0) is 11.3 Å². The molecule has 2 N–H and O–H groups in total. The maximum atomic E-state index is 13.7. The van der Waals surface area contributed by atoms with Gasteiger partial charge in [-0.05, 0) is 54.6 Å². The highest BCUT2D eigenvalue weighted by Gasteiger charge is 2.20. The van der Waals surface area contributed by atoms with Crippen LogP contribution in [0.2, 0.25) is 0 Å². The second kappa shape index (κ2) is 13.6. The maximum Gasteiger partial charge on any atom is 0.252 e. The summed E-state index contributed by atoms with van der Waals surface area (Å²) in [5.41, 5.74) is 2.12. The van der Waals surface area contributed by atoms with Gasteiger partial charge in [-0.1, -0.05) is 60.3 Å². The lowest BCUT2D eigenvalue weighted by Gasteiger charge is -2.12. The van der Waals surface area contributed by atoms with E-state index in [2.05, 4.69) is 20.8 Å². The predicted octanol–water partition coefficient (Wildman–Crippen LogP) is 5.31. The highest BCUT2D eigenvalue weighted by Crippen LogP contribution is 2.24. The van der Waals surface area contributed by atoms with Crippen LogP contribution in [0, 0.1) is 5.82 Å². The van der Waals surface area contributed by atoms with E-state index in [0.29, 0.717) is 33.7 Å². The third kappa shape index (κ3) is 7.14.